The van der Waals surface area contributed by atoms with Crippen LogP contribution in [-0.4, -0.2) is 179 Å². The molecule has 3 aromatic carbocycles. The SMILES string of the molecule is COCCOCCOCCOCCOCCO[C@H]1CC[C@H](c2nccc(COc3ccc4cc3C[C@H](C(=O)O)Oc3ncnc5sc(-c6ccc(F)cc6)c(c35)-c3c(C)c(Cl)c(c(Cl)c3C)O[C@H](CN3CCN(C)CC3)CO4)n2)CC1. The third-order valence-electron chi connectivity index (χ3n) is 14.6. The molecule has 81 heavy (non-hydrogen) atoms. The monoisotopic (exact) mass is 1180 g/mol. The summed E-state index contributed by atoms with van der Waals surface area (Å²) in [5.74, 6) is 0.485. The molecular formula is C59H71Cl2FN6O12S. The van der Waals surface area contributed by atoms with Crippen molar-refractivity contribution >= 4 is 50.7 Å². The molecule has 1 aliphatic carbocycles. The molecule has 10 rings (SSSR count). The zero-order valence-electron chi connectivity index (χ0n) is 46.3. The highest BCUT2D eigenvalue weighted by molar-refractivity contribution is 7.22. The molecule has 22 heteroatoms. The molecule has 0 unspecified atom stereocenters. The maximum absolute atomic E-state index is 14.5. The summed E-state index contributed by atoms with van der Waals surface area (Å²) in [5.41, 5.74) is 4.44. The standard InChI is InChI=1S/C59H71Cl2FN6O12S/c1-37-49-38(2)53(61)54(52(37)60)79-46(33-68-19-17-67(3)18-20-68)35-77-45-13-14-47(41(31-45)32-48(59(69)70)80-57-51-50(49)55(81-58(51)65-36-64-57)39-5-9-42(62)10-6-39)78-34-43-15-16-63-56(66-43)40-7-11-44(12-8-40)76-30-29-75-28-27-74-26-25-73-24-23-72-22-21-71-4/h5-6,9-10,13-16,31,36,40,44,46,48H,7-8,11-12,17-30,32-35H2,1-4H3,(H,69,70)/t40-,44-,46-,48-/m1/s1. The minimum absolute atomic E-state index is 0.0278. The van der Waals surface area contributed by atoms with Crippen LogP contribution in [0.5, 0.6) is 23.1 Å². The molecule has 1 saturated heterocycles. The molecule has 1 saturated carbocycles. The summed E-state index contributed by atoms with van der Waals surface area (Å²) in [6, 6.07) is 13.3. The largest absolute Gasteiger partial charge is 0.490 e. The molecule has 2 fully saturated rings. The number of fused-ring (bicyclic) bond motifs is 7. The van der Waals surface area contributed by atoms with Crippen molar-refractivity contribution in [3.8, 4) is 44.7 Å². The topological polar surface area (TPSA) is 188 Å². The summed E-state index contributed by atoms with van der Waals surface area (Å²) in [7, 11) is 3.75. The number of carboxylic acid groups (broad SMARTS) is 1. The van der Waals surface area contributed by atoms with Gasteiger partial charge in [-0.1, -0.05) is 35.3 Å². The van der Waals surface area contributed by atoms with E-state index in [0.717, 1.165) is 57.7 Å². The molecule has 0 radical (unpaired) electrons. The van der Waals surface area contributed by atoms with Gasteiger partial charge >= 0.3 is 5.97 Å². The van der Waals surface area contributed by atoms with Gasteiger partial charge in [0.25, 0.3) is 0 Å². The lowest BCUT2D eigenvalue weighted by Crippen LogP contribution is -2.49. The van der Waals surface area contributed by atoms with Gasteiger partial charge in [0.1, 0.15) is 53.6 Å². The molecule has 6 heterocycles. The van der Waals surface area contributed by atoms with E-state index in [2.05, 4.69) is 31.8 Å². The van der Waals surface area contributed by atoms with E-state index in [1.54, 1.807) is 43.6 Å². The third-order valence-corrected chi connectivity index (χ3v) is 16.7. The average Bonchev–Trinajstić information content (AvgIpc) is 4.13. The van der Waals surface area contributed by atoms with Gasteiger partial charge in [0, 0.05) is 74.4 Å². The second-order valence-corrected chi connectivity index (χ2v) is 22.1. The Balaban J connectivity index is 0.903. The number of rotatable bonds is 24. The van der Waals surface area contributed by atoms with Gasteiger partial charge in [0.15, 0.2) is 5.75 Å². The normalized spacial score (nSPS) is 19.0. The van der Waals surface area contributed by atoms with E-state index in [1.165, 1.54) is 29.8 Å². The molecule has 4 aliphatic rings. The minimum Gasteiger partial charge on any atom is -0.490 e. The maximum Gasteiger partial charge on any atom is 0.345 e. The highest BCUT2D eigenvalue weighted by Crippen LogP contribution is 2.53. The first-order valence-electron chi connectivity index (χ1n) is 27.5. The number of halogens is 3. The van der Waals surface area contributed by atoms with E-state index >= 15 is 0 Å². The summed E-state index contributed by atoms with van der Waals surface area (Å²) >= 11 is 16.1. The molecule has 3 aliphatic heterocycles. The van der Waals surface area contributed by atoms with Crippen LogP contribution in [0.1, 0.15) is 59.8 Å². The molecule has 3 aromatic heterocycles. The Bertz CT molecular complexity index is 2990. The van der Waals surface area contributed by atoms with Crippen LogP contribution in [0.25, 0.3) is 31.8 Å². The Labute approximate surface area is 486 Å². The second-order valence-electron chi connectivity index (χ2n) is 20.3. The van der Waals surface area contributed by atoms with E-state index in [0.29, 0.717) is 154 Å². The van der Waals surface area contributed by atoms with Crippen LogP contribution in [0.2, 0.25) is 10.0 Å². The highest BCUT2D eigenvalue weighted by atomic mass is 35.5. The van der Waals surface area contributed by atoms with E-state index in [4.69, 9.17) is 75.6 Å². The zero-order chi connectivity index (χ0) is 56.7. The van der Waals surface area contributed by atoms with Crippen molar-refractivity contribution in [1.82, 2.24) is 29.7 Å². The molecule has 6 aromatic rings. The fraction of sp³-hybridized carbons (Fsp3) is 0.508. The quantitative estimate of drug-likeness (QED) is 0.0564. The molecule has 1 N–H and O–H groups in total. The number of aromatic nitrogens is 4. The Morgan fingerprint density at radius 2 is 1.47 bits per heavy atom. The van der Waals surface area contributed by atoms with E-state index < -0.39 is 24.0 Å². The Kier molecular flexibility index (Phi) is 22.1. The molecular weight excluding hydrogens is 1110 g/mol. The summed E-state index contributed by atoms with van der Waals surface area (Å²) in [6.07, 6.45) is 4.55. The minimum atomic E-state index is -1.47. The van der Waals surface area contributed by atoms with Crippen LogP contribution in [0, 0.1) is 19.7 Å². The smallest absolute Gasteiger partial charge is 0.345 e. The summed E-state index contributed by atoms with van der Waals surface area (Å²) in [6.45, 7) is 13.0. The number of carbonyl (C=O) groups is 1. The van der Waals surface area contributed by atoms with Crippen LogP contribution in [0.15, 0.2) is 61.1 Å². The van der Waals surface area contributed by atoms with Gasteiger partial charge in [0.2, 0.25) is 12.0 Å². The van der Waals surface area contributed by atoms with E-state index in [-0.39, 0.29) is 37.5 Å². The van der Waals surface area contributed by atoms with E-state index in [9.17, 15) is 14.3 Å². The number of piperazine rings is 1. The Morgan fingerprint density at radius 3 is 2.14 bits per heavy atom. The van der Waals surface area contributed by atoms with Crippen LogP contribution < -0.4 is 18.9 Å². The lowest BCUT2D eigenvalue weighted by Gasteiger charge is -2.35. The Morgan fingerprint density at radius 1 is 0.802 bits per heavy atom. The van der Waals surface area contributed by atoms with E-state index in [1.807, 2.05) is 19.9 Å². The number of hydrogen-bond donors (Lipinski definition) is 1. The van der Waals surface area contributed by atoms with Gasteiger partial charge in [-0.15, -0.1) is 11.3 Å². The summed E-state index contributed by atoms with van der Waals surface area (Å²) in [5, 5.41) is 12.0. The van der Waals surface area contributed by atoms with Gasteiger partial charge in [0.05, 0.1) is 93.3 Å². The molecule has 18 nitrogen and oxygen atoms in total. The fourth-order valence-electron chi connectivity index (χ4n) is 10.2. The molecule has 2 atom stereocenters. The van der Waals surface area contributed by atoms with Gasteiger partial charge in [-0.2, -0.15) is 0 Å². The lowest BCUT2D eigenvalue weighted by molar-refractivity contribution is -0.145. The predicted molar refractivity (Wildman–Crippen MR) is 306 cm³/mol. The van der Waals surface area contributed by atoms with Crippen molar-refractivity contribution in [2.75, 3.05) is 120 Å². The number of hydrogen-bond acceptors (Lipinski definition) is 18. The number of likely N-dealkylation sites (N-methyl/N-ethyl adjacent to an activating group) is 1. The van der Waals surface area contributed by atoms with Crippen LogP contribution in [-0.2, 0) is 46.2 Å². The van der Waals surface area contributed by atoms with Gasteiger partial charge < -0.3 is 57.4 Å². The second kappa shape index (κ2) is 29.8. The first-order valence-corrected chi connectivity index (χ1v) is 29.1. The Hall–Kier alpha value is -5.36. The van der Waals surface area contributed by atoms with Crippen molar-refractivity contribution < 1.29 is 61.7 Å². The fourth-order valence-corrected chi connectivity index (χ4v) is 11.9. The number of thiophene rings is 1. The van der Waals surface area contributed by atoms with Crippen molar-refractivity contribution in [3.05, 3.63) is 105 Å². The van der Waals surface area contributed by atoms with Crippen molar-refractivity contribution in [2.24, 2.45) is 0 Å². The van der Waals surface area contributed by atoms with Crippen molar-refractivity contribution in [3.63, 3.8) is 0 Å². The van der Waals surface area contributed by atoms with Crippen molar-refractivity contribution in [2.45, 2.75) is 76.8 Å². The number of methoxy groups -OCH3 is 1. The molecule has 436 valence electrons. The maximum atomic E-state index is 14.5. The number of benzene rings is 3. The van der Waals surface area contributed by atoms with Crippen LogP contribution >= 0.6 is 34.5 Å². The third kappa shape index (κ3) is 16.1. The first kappa shape index (κ1) is 60.2. The zero-order valence-corrected chi connectivity index (χ0v) is 48.6. The lowest BCUT2D eigenvalue weighted by atomic mass is 9.87. The summed E-state index contributed by atoms with van der Waals surface area (Å²) < 4.78 is 74.3. The first-order chi connectivity index (χ1) is 39.4. The number of nitrogens with zero attached hydrogens (tertiary/aromatic N) is 6. The van der Waals surface area contributed by atoms with Crippen LogP contribution in [0.4, 0.5) is 4.39 Å². The highest BCUT2D eigenvalue weighted by Gasteiger charge is 2.33. The van der Waals surface area contributed by atoms with Crippen LogP contribution in [0.3, 0.4) is 0 Å². The number of aliphatic carboxylic acids is 1. The number of carboxylic acids is 1. The average molecular weight is 1180 g/mol. The summed E-state index contributed by atoms with van der Waals surface area (Å²) in [4.78, 5) is 38.2. The van der Waals surface area contributed by atoms with Crippen molar-refractivity contribution in [1.29, 1.82) is 0 Å². The van der Waals surface area contributed by atoms with Gasteiger partial charge in [-0.25, -0.2) is 29.1 Å². The molecule has 4 bridgehead atoms. The molecule has 0 spiro atoms. The molecule has 0 amide bonds. The van der Waals surface area contributed by atoms with Gasteiger partial charge in [-0.3, -0.25) is 4.90 Å². The predicted octanol–water partition coefficient (Wildman–Crippen LogP) is 9.67. The van der Waals surface area contributed by atoms with Gasteiger partial charge in [-0.05, 0) is 105 Å². The number of ether oxygens (including phenoxy) is 10.